The Morgan fingerprint density at radius 3 is 2.54 bits per heavy atom. The van der Waals surface area contributed by atoms with Crippen LogP contribution in [0, 0.1) is 0 Å². The van der Waals surface area contributed by atoms with E-state index in [0.29, 0.717) is 6.54 Å². The van der Waals surface area contributed by atoms with Gasteiger partial charge in [-0.15, -0.1) is 0 Å². The van der Waals surface area contributed by atoms with E-state index in [1.807, 2.05) is 0 Å². The van der Waals surface area contributed by atoms with Gasteiger partial charge in [0, 0.05) is 6.54 Å². The SMILES string of the molecule is CN(C)CCCCNCC(O)CO. The summed E-state index contributed by atoms with van der Waals surface area (Å²) >= 11 is 0. The zero-order chi connectivity index (χ0) is 10.1. The molecule has 80 valence electrons. The fraction of sp³-hybridized carbons (Fsp3) is 1.00. The molecular formula is C9H22N2O2. The number of nitrogens with zero attached hydrogens (tertiary/aromatic N) is 1. The van der Waals surface area contributed by atoms with Crippen LogP contribution in [-0.2, 0) is 0 Å². The number of aliphatic hydroxyl groups is 2. The minimum atomic E-state index is -0.617. The summed E-state index contributed by atoms with van der Waals surface area (Å²) in [6.45, 7) is 2.33. The lowest BCUT2D eigenvalue weighted by atomic mass is 10.3. The van der Waals surface area contributed by atoms with E-state index in [0.717, 1.165) is 25.9 Å². The Morgan fingerprint density at radius 2 is 2.00 bits per heavy atom. The topological polar surface area (TPSA) is 55.7 Å². The fourth-order valence-electron chi connectivity index (χ4n) is 1.01. The molecule has 0 aliphatic rings. The molecule has 1 atom stereocenters. The van der Waals surface area contributed by atoms with E-state index in [1.165, 1.54) is 0 Å². The minimum Gasteiger partial charge on any atom is -0.394 e. The van der Waals surface area contributed by atoms with Crippen LogP contribution in [-0.4, -0.2) is 61.6 Å². The predicted molar refractivity (Wildman–Crippen MR) is 53.8 cm³/mol. The third-order valence-corrected chi connectivity index (χ3v) is 1.80. The molecule has 3 N–H and O–H groups in total. The number of hydrogen-bond acceptors (Lipinski definition) is 4. The van der Waals surface area contributed by atoms with Crippen LogP contribution in [0.15, 0.2) is 0 Å². The molecule has 0 aliphatic heterocycles. The second-order valence-electron chi connectivity index (χ2n) is 3.55. The predicted octanol–water partition coefficient (Wildman–Crippen LogP) is -0.729. The lowest BCUT2D eigenvalue weighted by Gasteiger charge is -2.10. The molecule has 0 rings (SSSR count). The van der Waals surface area contributed by atoms with Gasteiger partial charge in [0.15, 0.2) is 0 Å². The van der Waals surface area contributed by atoms with Gasteiger partial charge in [0.2, 0.25) is 0 Å². The summed E-state index contributed by atoms with van der Waals surface area (Å²) in [5.41, 5.74) is 0. The van der Waals surface area contributed by atoms with Gasteiger partial charge in [-0.05, 0) is 40.0 Å². The molecule has 13 heavy (non-hydrogen) atoms. The number of rotatable bonds is 8. The summed E-state index contributed by atoms with van der Waals surface area (Å²) in [6.07, 6.45) is 1.65. The second kappa shape index (κ2) is 8.44. The molecule has 4 nitrogen and oxygen atoms in total. The van der Waals surface area contributed by atoms with Crippen molar-refractivity contribution in [1.29, 1.82) is 0 Å². The van der Waals surface area contributed by atoms with Crippen LogP contribution in [0.25, 0.3) is 0 Å². The highest BCUT2D eigenvalue weighted by Gasteiger charge is 1.99. The molecule has 0 amide bonds. The van der Waals surface area contributed by atoms with Crippen LogP contribution >= 0.6 is 0 Å². The summed E-state index contributed by atoms with van der Waals surface area (Å²) in [6, 6.07) is 0. The molecule has 0 saturated carbocycles. The monoisotopic (exact) mass is 190 g/mol. The maximum atomic E-state index is 8.98. The second-order valence-corrected chi connectivity index (χ2v) is 3.55. The van der Waals surface area contributed by atoms with Gasteiger partial charge >= 0.3 is 0 Å². The van der Waals surface area contributed by atoms with Gasteiger partial charge in [-0.3, -0.25) is 0 Å². The molecule has 0 fully saturated rings. The van der Waals surface area contributed by atoms with Crippen molar-refractivity contribution in [3.05, 3.63) is 0 Å². The van der Waals surface area contributed by atoms with Crippen molar-refractivity contribution >= 4 is 0 Å². The number of hydrogen-bond donors (Lipinski definition) is 3. The Kier molecular flexibility index (Phi) is 8.33. The van der Waals surface area contributed by atoms with E-state index >= 15 is 0 Å². The Hall–Kier alpha value is -0.160. The van der Waals surface area contributed by atoms with E-state index in [-0.39, 0.29) is 6.61 Å². The minimum absolute atomic E-state index is 0.162. The van der Waals surface area contributed by atoms with Crippen molar-refractivity contribution < 1.29 is 10.2 Å². The molecule has 0 spiro atoms. The van der Waals surface area contributed by atoms with Gasteiger partial charge in [0.05, 0.1) is 12.7 Å². The summed E-state index contributed by atoms with van der Waals surface area (Å²) in [5, 5.41) is 20.6. The Morgan fingerprint density at radius 1 is 1.31 bits per heavy atom. The van der Waals surface area contributed by atoms with Gasteiger partial charge in [0.1, 0.15) is 0 Å². The molecule has 0 saturated heterocycles. The molecule has 0 aliphatic carbocycles. The molecular weight excluding hydrogens is 168 g/mol. The standard InChI is InChI=1S/C9H22N2O2/c1-11(2)6-4-3-5-10-7-9(13)8-12/h9-10,12-13H,3-8H2,1-2H3. The first-order valence-corrected chi connectivity index (χ1v) is 4.81. The highest BCUT2D eigenvalue weighted by Crippen LogP contribution is 1.88. The zero-order valence-electron chi connectivity index (χ0n) is 8.66. The van der Waals surface area contributed by atoms with Crippen molar-refractivity contribution in [1.82, 2.24) is 10.2 Å². The largest absolute Gasteiger partial charge is 0.394 e. The van der Waals surface area contributed by atoms with Crippen LogP contribution in [0.2, 0.25) is 0 Å². The van der Waals surface area contributed by atoms with Crippen LogP contribution in [0.3, 0.4) is 0 Å². The molecule has 0 bridgehead atoms. The van der Waals surface area contributed by atoms with Crippen LogP contribution in [0.1, 0.15) is 12.8 Å². The molecule has 4 heteroatoms. The first kappa shape index (κ1) is 12.8. The van der Waals surface area contributed by atoms with E-state index in [4.69, 9.17) is 10.2 Å². The lowest BCUT2D eigenvalue weighted by Crippen LogP contribution is -2.30. The molecule has 1 unspecified atom stereocenters. The summed E-state index contributed by atoms with van der Waals surface area (Å²) < 4.78 is 0. The number of unbranched alkanes of at least 4 members (excludes halogenated alkanes) is 1. The first-order chi connectivity index (χ1) is 6.16. The number of aliphatic hydroxyl groups excluding tert-OH is 2. The highest BCUT2D eigenvalue weighted by molar-refractivity contribution is 4.57. The highest BCUT2D eigenvalue weighted by atomic mass is 16.3. The third kappa shape index (κ3) is 9.76. The van der Waals surface area contributed by atoms with Crippen LogP contribution in [0.5, 0.6) is 0 Å². The van der Waals surface area contributed by atoms with Crippen molar-refractivity contribution in [2.24, 2.45) is 0 Å². The summed E-state index contributed by atoms with van der Waals surface area (Å²) in [7, 11) is 4.12. The van der Waals surface area contributed by atoms with Crippen LogP contribution in [0.4, 0.5) is 0 Å². The average molecular weight is 190 g/mol. The smallest absolute Gasteiger partial charge is 0.0894 e. The van der Waals surface area contributed by atoms with Gasteiger partial charge in [-0.1, -0.05) is 0 Å². The zero-order valence-corrected chi connectivity index (χ0v) is 8.66. The third-order valence-electron chi connectivity index (χ3n) is 1.80. The van der Waals surface area contributed by atoms with Crippen molar-refractivity contribution in [3.8, 4) is 0 Å². The summed E-state index contributed by atoms with van der Waals surface area (Å²) in [5.74, 6) is 0. The van der Waals surface area contributed by atoms with Gasteiger partial charge in [0.25, 0.3) is 0 Å². The molecule has 0 aromatic carbocycles. The van der Waals surface area contributed by atoms with Gasteiger partial charge in [-0.2, -0.15) is 0 Å². The van der Waals surface area contributed by atoms with E-state index in [9.17, 15) is 0 Å². The lowest BCUT2D eigenvalue weighted by molar-refractivity contribution is 0.0945. The molecule has 0 aromatic rings. The van der Waals surface area contributed by atoms with E-state index in [2.05, 4.69) is 24.3 Å². The fourth-order valence-corrected chi connectivity index (χ4v) is 1.01. The van der Waals surface area contributed by atoms with Crippen molar-refractivity contribution in [3.63, 3.8) is 0 Å². The Labute approximate surface area is 80.6 Å². The maximum Gasteiger partial charge on any atom is 0.0894 e. The Bertz CT molecular complexity index is 110. The average Bonchev–Trinajstić information content (AvgIpc) is 2.10. The first-order valence-electron chi connectivity index (χ1n) is 4.81. The van der Waals surface area contributed by atoms with Crippen molar-refractivity contribution in [2.75, 3.05) is 40.3 Å². The summed E-state index contributed by atoms with van der Waals surface area (Å²) in [4.78, 5) is 2.16. The molecule has 0 aromatic heterocycles. The quantitative estimate of drug-likeness (QED) is 0.442. The van der Waals surface area contributed by atoms with Gasteiger partial charge < -0.3 is 20.4 Å². The normalized spacial score (nSPS) is 13.6. The van der Waals surface area contributed by atoms with E-state index < -0.39 is 6.10 Å². The number of nitrogens with one attached hydrogen (secondary N) is 1. The van der Waals surface area contributed by atoms with E-state index in [1.54, 1.807) is 0 Å². The van der Waals surface area contributed by atoms with Crippen LogP contribution < -0.4 is 5.32 Å². The maximum absolute atomic E-state index is 8.98. The molecule has 0 heterocycles. The van der Waals surface area contributed by atoms with Crippen molar-refractivity contribution in [2.45, 2.75) is 18.9 Å². The Balaban J connectivity index is 2.99. The molecule has 0 radical (unpaired) electrons. The van der Waals surface area contributed by atoms with Gasteiger partial charge in [-0.25, -0.2) is 0 Å².